The molecule has 15 heavy (non-hydrogen) atoms. The molecule has 1 heterocycles. The van der Waals surface area contributed by atoms with Crippen molar-refractivity contribution in [3.63, 3.8) is 0 Å². The van der Waals surface area contributed by atoms with Gasteiger partial charge in [0.25, 0.3) is 0 Å². The van der Waals surface area contributed by atoms with Gasteiger partial charge in [-0.1, -0.05) is 12.1 Å². The first-order valence-electron chi connectivity index (χ1n) is 4.45. The number of nitrogens with zero attached hydrogens (tertiary/aromatic N) is 1. The largest absolute Gasteiger partial charge is 0.464 e. The molecular weight excluding hydrogens is 192 g/mol. The third-order valence-corrected chi connectivity index (χ3v) is 2.16. The van der Waals surface area contributed by atoms with Gasteiger partial charge in [-0.3, -0.25) is 4.57 Å². The summed E-state index contributed by atoms with van der Waals surface area (Å²) >= 11 is 0. The fourth-order valence-corrected chi connectivity index (χ4v) is 1.44. The van der Waals surface area contributed by atoms with Gasteiger partial charge in [0.2, 0.25) is 0 Å². The SMILES string of the molecule is Nc1ccc(-c2cccn2C(=O)O)cc1. The normalized spacial score (nSPS) is 10.1. The summed E-state index contributed by atoms with van der Waals surface area (Å²) in [5, 5.41) is 8.91. The topological polar surface area (TPSA) is 68.2 Å². The highest BCUT2D eigenvalue weighted by atomic mass is 16.4. The molecule has 0 saturated carbocycles. The predicted octanol–water partition coefficient (Wildman–Crippen LogP) is 2.26. The van der Waals surface area contributed by atoms with Gasteiger partial charge in [-0.05, 0) is 29.8 Å². The van der Waals surface area contributed by atoms with Crippen LogP contribution in [0.1, 0.15) is 0 Å². The summed E-state index contributed by atoms with van der Waals surface area (Å²) in [6.45, 7) is 0. The van der Waals surface area contributed by atoms with Crippen molar-refractivity contribution in [1.82, 2.24) is 4.57 Å². The van der Waals surface area contributed by atoms with Crippen LogP contribution in [0.5, 0.6) is 0 Å². The molecule has 0 amide bonds. The molecule has 2 aromatic rings. The second-order valence-electron chi connectivity index (χ2n) is 3.17. The number of carbonyl (C=O) groups is 1. The van der Waals surface area contributed by atoms with Gasteiger partial charge in [-0.2, -0.15) is 0 Å². The van der Waals surface area contributed by atoms with Crippen LogP contribution in [0, 0.1) is 0 Å². The number of nitrogen functional groups attached to an aromatic ring is 1. The van der Waals surface area contributed by atoms with Crippen LogP contribution in [0.4, 0.5) is 10.5 Å². The Kier molecular flexibility index (Phi) is 2.17. The van der Waals surface area contributed by atoms with Gasteiger partial charge in [0.05, 0.1) is 5.69 Å². The zero-order chi connectivity index (χ0) is 10.8. The quantitative estimate of drug-likeness (QED) is 0.697. The van der Waals surface area contributed by atoms with E-state index in [9.17, 15) is 4.79 Å². The molecule has 0 bridgehead atoms. The summed E-state index contributed by atoms with van der Waals surface area (Å²) in [5.41, 5.74) is 7.69. The lowest BCUT2D eigenvalue weighted by molar-refractivity contribution is 0.197. The lowest BCUT2D eigenvalue weighted by Crippen LogP contribution is -2.07. The average Bonchev–Trinajstić information content (AvgIpc) is 2.67. The minimum Gasteiger partial charge on any atom is -0.464 e. The van der Waals surface area contributed by atoms with Crippen LogP contribution in [-0.2, 0) is 0 Å². The number of benzene rings is 1. The number of rotatable bonds is 1. The Bertz CT molecular complexity index is 486. The summed E-state index contributed by atoms with van der Waals surface area (Å²) in [4.78, 5) is 10.9. The third kappa shape index (κ3) is 1.69. The van der Waals surface area contributed by atoms with Crippen LogP contribution in [0.15, 0.2) is 42.6 Å². The molecule has 76 valence electrons. The number of aromatic nitrogens is 1. The van der Waals surface area contributed by atoms with Gasteiger partial charge in [0.1, 0.15) is 0 Å². The number of nitrogens with two attached hydrogens (primary N) is 1. The maximum atomic E-state index is 10.9. The van der Waals surface area contributed by atoms with E-state index in [2.05, 4.69) is 0 Å². The lowest BCUT2D eigenvalue weighted by Gasteiger charge is -2.04. The lowest BCUT2D eigenvalue weighted by atomic mass is 10.1. The molecule has 0 atom stereocenters. The maximum absolute atomic E-state index is 10.9. The molecule has 4 heteroatoms. The first-order valence-corrected chi connectivity index (χ1v) is 4.45. The number of hydrogen-bond acceptors (Lipinski definition) is 2. The molecule has 0 unspecified atom stereocenters. The first-order chi connectivity index (χ1) is 7.18. The monoisotopic (exact) mass is 202 g/mol. The van der Waals surface area contributed by atoms with E-state index in [1.807, 2.05) is 0 Å². The van der Waals surface area contributed by atoms with Gasteiger partial charge >= 0.3 is 6.09 Å². The van der Waals surface area contributed by atoms with Crippen LogP contribution >= 0.6 is 0 Å². The second kappa shape index (κ2) is 3.49. The maximum Gasteiger partial charge on any atom is 0.415 e. The van der Waals surface area contributed by atoms with Crippen molar-refractivity contribution < 1.29 is 9.90 Å². The minimum absolute atomic E-state index is 0.641. The summed E-state index contributed by atoms with van der Waals surface area (Å²) in [6.07, 6.45) is 0.514. The smallest absolute Gasteiger partial charge is 0.415 e. The predicted molar refractivity (Wildman–Crippen MR) is 57.7 cm³/mol. The Hall–Kier alpha value is -2.23. The van der Waals surface area contributed by atoms with Gasteiger partial charge in [-0.25, -0.2) is 4.79 Å². The highest BCUT2D eigenvalue weighted by Gasteiger charge is 2.08. The average molecular weight is 202 g/mol. The minimum atomic E-state index is -0.994. The molecule has 1 aromatic heterocycles. The summed E-state index contributed by atoms with van der Waals surface area (Å²) in [7, 11) is 0. The van der Waals surface area contributed by atoms with Crippen molar-refractivity contribution in [2.24, 2.45) is 0 Å². The Labute approximate surface area is 86.6 Å². The third-order valence-electron chi connectivity index (χ3n) is 2.16. The van der Waals surface area contributed by atoms with Gasteiger partial charge in [-0.15, -0.1) is 0 Å². The van der Waals surface area contributed by atoms with Crippen molar-refractivity contribution in [2.75, 3.05) is 5.73 Å². The molecule has 0 aliphatic rings. The van der Waals surface area contributed by atoms with E-state index in [1.54, 1.807) is 36.4 Å². The van der Waals surface area contributed by atoms with E-state index in [4.69, 9.17) is 10.8 Å². The second-order valence-corrected chi connectivity index (χ2v) is 3.17. The van der Waals surface area contributed by atoms with Gasteiger partial charge in [0, 0.05) is 11.9 Å². The Balaban J connectivity index is 2.49. The highest BCUT2D eigenvalue weighted by molar-refractivity contribution is 5.77. The number of carboxylic acid groups (broad SMARTS) is 1. The molecule has 0 spiro atoms. The molecule has 0 radical (unpaired) electrons. The molecule has 1 aromatic carbocycles. The van der Waals surface area contributed by atoms with E-state index in [0.29, 0.717) is 11.4 Å². The molecule has 0 aliphatic heterocycles. The van der Waals surface area contributed by atoms with Crippen LogP contribution in [0.3, 0.4) is 0 Å². The van der Waals surface area contributed by atoms with Gasteiger partial charge < -0.3 is 10.8 Å². The molecular formula is C11H10N2O2. The fraction of sp³-hybridized carbons (Fsp3) is 0. The van der Waals surface area contributed by atoms with Gasteiger partial charge in [0.15, 0.2) is 0 Å². The number of anilines is 1. The van der Waals surface area contributed by atoms with Crippen LogP contribution in [0.25, 0.3) is 11.3 Å². The summed E-state index contributed by atoms with van der Waals surface area (Å²) in [5.74, 6) is 0. The van der Waals surface area contributed by atoms with Crippen LogP contribution in [0.2, 0.25) is 0 Å². The fourth-order valence-electron chi connectivity index (χ4n) is 1.44. The van der Waals surface area contributed by atoms with E-state index < -0.39 is 6.09 Å². The van der Waals surface area contributed by atoms with Crippen molar-refractivity contribution >= 4 is 11.8 Å². The first kappa shape index (κ1) is 9.33. The van der Waals surface area contributed by atoms with Crippen molar-refractivity contribution in [3.8, 4) is 11.3 Å². The zero-order valence-corrected chi connectivity index (χ0v) is 7.92. The highest BCUT2D eigenvalue weighted by Crippen LogP contribution is 2.20. The Morgan fingerprint density at radius 2 is 1.87 bits per heavy atom. The van der Waals surface area contributed by atoms with E-state index >= 15 is 0 Å². The summed E-state index contributed by atoms with van der Waals surface area (Å²) < 4.78 is 1.17. The van der Waals surface area contributed by atoms with E-state index in [-0.39, 0.29) is 0 Å². The standard InChI is InChI=1S/C11H10N2O2/c12-9-5-3-8(4-6-9)10-2-1-7-13(10)11(14)15/h1-7H,12H2,(H,14,15). The van der Waals surface area contributed by atoms with Crippen LogP contribution < -0.4 is 5.73 Å². The van der Waals surface area contributed by atoms with Crippen molar-refractivity contribution in [2.45, 2.75) is 0 Å². The molecule has 0 aliphatic carbocycles. The van der Waals surface area contributed by atoms with Crippen molar-refractivity contribution in [1.29, 1.82) is 0 Å². The van der Waals surface area contributed by atoms with E-state index in [0.717, 1.165) is 5.56 Å². The number of hydrogen-bond donors (Lipinski definition) is 2. The molecule has 2 rings (SSSR count). The van der Waals surface area contributed by atoms with E-state index in [1.165, 1.54) is 10.8 Å². The summed E-state index contributed by atoms with van der Waals surface area (Å²) in [6, 6.07) is 10.5. The van der Waals surface area contributed by atoms with Crippen LogP contribution in [-0.4, -0.2) is 15.8 Å². The zero-order valence-electron chi connectivity index (χ0n) is 7.92. The molecule has 0 fully saturated rings. The van der Waals surface area contributed by atoms with Crippen molar-refractivity contribution in [3.05, 3.63) is 42.6 Å². The molecule has 4 nitrogen and oxygen atoms in total. The molecule has 0 saturated heterocycles. The Morgan fingerprint density at radius 3 is 2.47 bits per heavy atom. The molecule has 3 N–H and O–H groups in total. The Morgan fingerprint density at radius 1 is 1.20 bits per heavy atom.